The molecule has 1 unspecified atom stereocenters. The van der Waals surface area contributed by atoms with Crippen molar-refractivity contribution in [3.63, 3.8) is 0 Å². The average Bonchev–Trinajstić information content (AvgIpc) is 2.45. The molecule has 0 aromatic heterocycles. The van der Waals surface area contributed by atoms with Gasteiger partial charge in [-0.1, -0.05) is 51.5 Å². The highest BCUT2D eigenvalue weighted by atomic mass is 79.9. The summed E-state index contributed by atoms with van der Waals surface area (Å²) in [6, 6.07) is 0. The van der Waals surface area contributed by atoms with Gasteiger partial charge in [0, 0.05) is 22.9 Å². The van der Waals surface area contributed by atoms with Crippen LogP contribution in [0.4, 0.5) is 0 Å². The molecule has 0 aliphatic carbocycles. The van der Waals surface area contributed by atoms with E-state index in [0.29, 0.717) is 5.92 Å². The van der Waals surface area contributed by atoms with Crippen LogP contribution in [0.25, 0.3) is 0 Å². The third-order valence-electron chi connectivity index (χ3n) is 3.87. The molecule has 0 aliphatic heterocycles. The molecule has 0 radical (unpaired) electrons. The number of hydrogen-bond donors (Lipinski definition) is 0. The summed E-state index contributed by atoms with van der Waals surface area (Å²) in [5.74, 6) is 0.602. The summed E-state index contributed by atoms with van der Waals surface area (Å²) in [6.07, 6.45) is 8.98. The zero-order chi connectivity index (χ0) is 15.7. The molecule has 0 saturated heterocycles. The first-order valence-electron chi connectivity index (χ1n) is 7.48. The Labute approximate surface area is 134 Å². The summed E-state index contributed by atoms with van der Waals surface area (Å²) in [7, 11) is 2.08. The summed E-state index contributed by atoms with van der Waals surface area (Å²) < 4.78 is 1.02. The minimum absolute atomic E-state index is 0.602. The first kappa shape index (κ1) is 19.2. The van der Waals surface area contributed by atoms with Crippen molar-refractivity contribution in [1.82, 2.24) is 4.90 Å². The van der Waals surface area contributed by atoms with Crippen LogP contribution in [-0.4, -0.2) is 11.9 Å². The van der Waals surface area contributed by atoms with Gasteiger partial charge in [-0.3, -0.25) is 0 Å². The molecule has 0 fully saturated rings. The molecular weight excluding hydrogens is 310 g/mol. The first-order valence-corrected chi connectivity index (χ1v) is 8.27. The molecule has 2 heteroatoms. The summed E-state index contributed by atoms with van der Waals surface area (Å²) >= 11 is 3.52. The van der Waals surface area contributed by atoms with Crippen LogP contribution in [0.1, 0.15) is 53.4 Å². The van der Waals surface area contributed by atoms with E-state index in [1.807, 2.05) is 6.08 Å². The summed E-state index contributed by atoms with van der Waals surface area (Å²) in [5, 5.41) is 0. The summed E-state index contributed by atoms with van der Waals surface area (Å²) in [4.78, 5) is 2.17. The van der Waals surface area contributed by atoms with Crippen LogP contribution in [-0.2, 0) is 0 Å². The fraction of sp³-hybridized carbons (Fsp3) is 0.556. The van der Waals surface area contributed by atoms with E-state index in [2.05, 4.69) is 74.8 Å². The molecule has 0 amide bonds. The van der Waals surface area contributed by atoms with Gasteiger partial charge in [-0.25, -0.2) is 0 Å². The SMILES string of the molecule is C=C/C(Br)=C(/C)N(C)/C(C)=C\C(=C)C(CC)CCCC. The van der Waals surface area contributed by atoms with Gasteiger partial charge in [-0.15, -0.1) is 0 Å². The third-order valence-corrected chi connectivity index (χ3v) is 4.77. The second-order valence-corrected chi connectivity index (χ2v) is 6.16. The highest BCUT2D eigenvalue weighted by Gasteiger charge is 2.10. The Kier molecular flexibility index (Phi) is 9.66. The molecule has 114 valence electrons. The molecule has 0 aromatic carbocycles. The predicted molar refractivity (Wildman–Crippen MR) is 95.8 cm³/mol. The zero-order valence-corrected chi connectivity index (χ0v) is 15.4. The van der Waals surface area contributed by atoms with Crippen molar-refractivity contribution in [2.45, 2.75) is 53.4 Å². The molecule has 0 bridgehead atoms. The van der Waals surface area contributed by atoms with Crippen molar-refractivity contribution in [1.29, 1.82) is 0 Å². The highest BCUT2D eigenvalue weighted by Crippen LogP contribution is 2.25. The highest BCUT2D eigenvalue weighted by molar-refractivity contribution is 9.11. The molecule has 1 nitrogen and oxygen atoms in total. The quantitative estimate of drug-likeness (QED) is 0.439. The van der Waals surface area contributed by atoms with Crippen molar-refractivity contribution >= 4 is 15.9 Å². The van der Waals surface area contributed by atoms with Crippen LogP contribution in [0, 0.1) is 5.92 Å². The Balaban J connectivity index is 4.94. The molecule has 1 atom stereocenters. The van der Waals surface area contributed by atoms with Gasteiger partial charge < -0.3 is 4.90 Å². The number of halogens is 1. The molecule has 0 spiro atoms. The third kappa shape index (κ3) is 6.13. The van der Waals surface area contributed by atoms with Crippen LogP contribution in [0.2, 0.25) is 0 Å². The van der Waals surface area contributed by atoms with E-state index in [1.54, 1.807) is 0 Å². The maximum absolute atomic E-state index is 4.27. The maximum Gasteiger partial charge on any atom is 0.0361 e. The first-order chi connectivity index (χ1) is 9.38. The smallest absolute Gasteiger partial charge is 0.0361 e. The Morgan fingerprint density at radius 3 is 2.35 bits per heavy atom. The molecule has 0 aromatic rings. The molecular formula is C18H30BrN. The fourth-order valence-electron chi connectivity index (χ4n) is 2.16. The molecule has 0 N–H and O–H groups in total. The largest absolute Gasteiger partial charge is 0.351 e. The van der Waals surface area contributed by atoms with E-state index in [4.69, 9.17) is 0 Å². The topological polar surface area (TPSA) is 3.24 Å². The summed E-state index contributed by atoms with van der Waals surface area (Å²) in [6.45, 7) is 16.8. The number of rotatable bonds is 9. The van der Waals surface area contributed by atoms with Crippen LogP contribution in [0.15, 0.2) is 46.8 Å². The monoisotopic (exact) mass is 339 g/mol. The molecule has 0 rings (SSSR count). The average molecular weight is 340 g/mol. The predicted octanol–water partition coefficient (Wildman–Crippen LogP) is 6.41. The standard InChI is InChI=1S/C18H30BrN/c1-8-11-12-17(9-2)14(4)13-15(5)20(7)16(6)18(19)10-3/h10,13,17H,3-4,8-9,11-12H2,1-2,5-7H3/b15-13-,18-16+. The maximum atomic E-state index is 4.27. The van der Waals surface area contributed by atoms with Gasteiger partial charge in [-0.05, 0) is 54.6 Å². The number of nitrogens with zero attached hydrogens (tertiary/aromatic N) is 1. The van der Waals surface area contributed by atoms with Crippen LogP contribution in [0.3, 0.4) is 0 Å². The van der Waals surface area contributed by atoms with E-state index < -0.39 is 0 Å². The van der Waals surface area contributed by atoms with Crippen molar-refractivity contribution in [2.75, 3.05) is 7.05 Å². The molecule has 20 heavy (non-hydrogen) atoms. The van der Waals surface area contributed by atoms with Gasteiger partial charge in [0.15, 0.2) is 0 Å². The van der Waals surface area contributed by atoms with E-state index in [0.717, 1.165) is 16.6 Å². The Morgan fingerprint density at radius 1 is 1.30 bits per heavy atom. The van der Waals surface area contributed by atoms with Crippen LogP contribution < -0.4 is 0 Å². The zero-order valence-electron chi connectivity index (χ0n) is 13.8. The lowest BCUT2D eigenvalue weighted by atomic mass is 9.91. The van der Waals surface area contributed by atoms with Gasteiger partial charge in [0.25, 0.3) is 0 Å². The van der Waals surface area contributed by atoms with E-state index in [1.165, 1.54) is 30.5 Å². The van der Waals surface area contributed by atoms with Crippen LogP contribution >= 0.6 is 15.9 Å². The fourth-order valence-corrected chi connectivity index (χ4v) is 2.42. The normalized spacial score (nSPS) is 14.6. The van der Waals surface area contributed by atoms with Crippen molar-refractivity contribution in [3.8, 4) is 0 Å². The Bertz CT molecular complexity index is 390. The summed E-state index contributed by atoms with van der Waals surface area (Å²) in [5.41, 5.74) is 3.61. The van der Waals surface area contributed by atoms with E-state index in [9.17, 15) is 0 Å². The minimum atomic E-state index is 0.602. The van der Waals surface area contributed by atoms with E-state index >= 15 is 0 Å². The lowest BCUT2D eigenvalue weighted by Crippen LogP contribution is -2.15. The Morgan fingerprint density at radius 2 is 1.90 bits per heavy atom. The van der Waals surface area contributed by atoms with E-state index in [-0.39, 0.29) is 0 Å². The molecule has 0 aliphatic rings. The lowest BCUT2D eigenvalue weighted by Gasteiger charge is -2.23. The second-order valence-electron chi connectivity index (χ2n) is 5.30. The van der Waals surface area contributed by atoms with Gasteiger partial charge in [0.2, 0.25) is 0 Å². The molecule has 0 saturated carbocycles. The second kappa shape index (κ2) is 10.0. The van der Waals surface area contributed by atoms with Crippen molar-refractivity contribution in [2.24, 2.45) is 5.92 Å². The van der Waals surface area contributed by atoms with Crippen molar-refractivity contribution in [3.05, 3.63) is 46.8 Å². The van der Waals surface area contributed by atoms with Crippen molar-refractivity contribution < 1.29 is 0 Å². The minimum Gasteiger partial charge on any atom is -0.351 e. The van der Waals surface area contributed by atoms with Crippen LogP contribution in [0.5, 0.6) is 0 Å². The number of allylic oxidation sites excluding steroid dienone is 6. The van der Waals surface area contributed by atoms with Gasteiger partial charge in [-0.2, -0.15) is 0 Å². The number of hydrogen-bond acceptors (Lipinski definition) is 1. The molecule has 0 heterocycles. The number of unbranched alkanes of at least 4 members (excludes halogenated alkanes) is 1. The lowest BCUT2D eigenvalue weighted by molar-refractivity contribution is 0.505. The Hall–Kier alpha value is -0.760. The van der Waals surface area contributed by atoms with Gasteiger partial charge in [0.05, 0.1) is 0 Å². The van der Waals surface area contributed by atoms with Gasteiger partial charge >= 0.3 is 0 Å². The van der Waals surface area contributed by atoms with Gasteiger partial charge in [0.1, 0.15) is 0 Å².